The zero-order valence-corrected chi connectivity index (χ0v) is 7.14. The maximum atomic E-state index is 8.63. The van der Waals surface area contributed by atoms with Crippen LogP contribution in [0.15, 0.2) is 9.98 Å². The van der Waals surface area contributed by atoms with Gasteiger partial charge >= 0.3 is 0 Å². The summed E-state index contributed by atoms with van der Waals surface area (Å²) >= 11 is 4.89. The third-order valence-corrected chi connectivity index (χ3v) is 1.73. The maximum absolute atomic E-state index is 8.63. The van der Waals surface area contributed by atoms with E-state index in [0.717, 1.165) is 5.71 Å². The van der Waals surface area contributed by atoms with Gasteiger partial charge in [-0.3, -0.25) is 0 Å². The van der Waals surface area contributed by atoms with Gasteiger partial charge in [0, 0.05) is 5.71 Å². The van der Waals surface area contributed by atoms with Gasteiger partial charge in [-0.05, 0) is 13.8 Å². The lowest BCUT2D eigenvalue weighted by Crippen LogP contribution is -2.22. The molecule has 0 saturated carbocycles. The Bertz CT molecular complexity index is 295. The lowest BCUT2D eigenvalue weighted by molar-refractivity contribution is 1.17. The van der Waals surface area contributed by atoms with Crippen LogP contribution in [0, 0.1) is 17.2 Å². The Morgan fingerprint density at radius 3 is 2.55 bits per heavy atom. The first-order chi connectivity index (χ1) is 5.15. The van der Waals surface area contributed by atoms with Gasteiger partial charge in [-0.25, -0.2) is 9.98 Å². The van der Waals surface area contributed by atoms with Gasteiger partial charge in [-0.15, -0.1) is 0 Å². The predicted octanol–water partition coefficient (Wildman–Crippen LogP) is 1.35. The van der Waals surface area contributed by atoms with E-state index in [9.17, 15) is 0 Å². The molecule has 0 amide bonds. The van der Waals surface area contributed by atoms with Crippen molar-refractivity contribution in [3.63, 3.8) is 0 Å². The van der Waals surface area contributed by atoms with Crippen molar-refractivity contribution in [2.75, 3.05) is 0 Å². The van der Waals surface area contributed by atoms with Crippen LogP contribution in [0.25, 0.3) is 0 Å². The summed E-state index contributed by atoms with van der Waals surface area (Å²) in [5.41, 5.74) is 0.741. The van der Waals surface area contributed by atoms with Gasteiger partial charge in [-0.1, -0.05) is 12.2 Å². The van der Waals surface area contributed by atoms with E-state index < -0.39 is 5.92 Å². The molecule has 0 aromatic carbocycles. The van der Waals surface area contributed by atoms with Crippen molar-refractivity contribution < 1.29 is 0 Å². The van der Waals surface area contributed by atoms with E-state index in [1.54, 1.807) is 13.8 Å². The second kappa shape index (κ2) is 2.89. The molecule has 0 spiro atoms. The molecule has 0 fully saturated rings. The molecule has 0 saturated heterocycles. The Hall–Kier alpha value is -1.08. The van der Waals surface area contributed by atoms with Crippen LogP contribution in [-0.4, -0.2) is 16.5 Å². The first-order valence-corrected chi connectivity index (χ1v) is 3.60. The van der Waals surface area contributed by atoms with E-state index in [4.69, 9.17) is 17.5 Å². The minimum Gasteiger partial charge on any atom is -0.241 e. The van der Waals surface area contributed by atoms with Crippen molar-refractivity contribution in [3.8, 4) is 6.07 Å². The highest BCUT2D eigenvalue weighted by Gasteiger charge is 2.20. The van der Waals surface area contributed by atoms with Gasteiger partial charge in [0.25, 0.3) is 0 Å². The summed E-state index contributed by atoms with van der Waals surface area (Å²) in [5, 5.41) is 8.63. The first kappa shape index (κ1) is 8.02. The molecule has 1 unspecified atom stereocenters. The highest BCUT2D eigenvalue weighted by molar-refractivity contribution is 7.80. The van der Waals surface area contributed by atoms with Crippen molar-refractivity contribution in [1.82, 2.24) is 0 Å². The Balaban J connectivity index is 3.03. The van der Waals surface area contributed by atoms with Crippen molar-refractivity contribution in [2.45, 2.75) is 13.8 Å². The lowest BCUT2D eigenvalue weighted by atomic mass is 10.1. The predicted molar refractivity (Wildman–Crippen MR) is 47.9 cm³/mol. The zero-order valence-electron chi connectivity index (χ0n) is 6.33. The molecule has 1 aliphatic rings. The van der Waals surface area contributed by atoms with Gasteiger partial charge < -0.3 is 0 Å². The molecular formula is C7H7N3S. The Morgan fingerprint density at radius 2 is 2.09 bits per heavy atom. The normalized spacial score (nSPS) is 23.7. The second-order valence-electron chi connectivity index (χ2n) is 2.31. The molecule has 1 aliphatic heterocycles. The van der Waals surface area contributed by atoms with Gasteiger partial charge in [0.1, 0.15) is 16.7 Å². The molecule has 4 heteroatoms. The molecule has 1 atom stereocenters. The van der Waals surface area contributed by atoms with Crippen molar-refractivity contribution in [2.24, 2.45) is 15.9 Å². The van der Waals surface area contributed by atoms with Crippen LogP contribution in [0.3, 0.4) is 0 Å². The van der Waals surface area contributed by atoms with Gasteiger partial charge in [0.2, 0.25) is 0 Å². The molecule has 56 valence electrons. The molecule has 0 bridgehead atoms. The molecule has 0 radical (unpaired) electrons. The molecule has 1 rings (SSSR count). The maximum Gasteiger partial charge on any atom is 0.137 e. The topological polar surface area (TPSA) is 48.5 Å². The number of thiocarbonyl (C=S) groups is 1. The van der Waals surface area contributed by atoms with E-state index >= 15 is 0 Å². The summed E-state index contributed by atoms with van der Waals surface area (Å²) in [7, 11) is 0. The highest BCUT2D eigenvalue weighted by Crippen LogP contribution is 2.09. The van der Waals surface area contributed by atoms with Crippen LogP contribution < -0.4 is 0 Å². The van der Waals surface area contributed by atoms with Crippen LogP contribution in [0.1, 0.15) is 13.8 Å². The van der Waals surface area contributed by atoms with Crippen LogP contribution in [0.2, 0.25) is 0 Å². The summed E-state index contributed by atoms with van der Waals surface area (Å²) in [5.74, 6) is 0.243. The number of nitrogens with zero attached hydrogens (tertiary/aromatic N) is 3. The number of hydrogen-bond donors (Lipinski definition) is 0. The average molecular weight is 165 g/mol. The van der Waals surface area contributed by atoms with E-state index in [1.807, 2.05) is 6.07 Å². The molecule has 0 aromatic rings. The van der Waals surface area contributed by atoms with E-state index in [2.05, 4.69) is 9.98 Å². The van der Waals surface area contributed by atoms with Crippen molar-refractivity contribution in [3.05, 3.63) is 0 Å². The van der Waals surface area contributed by atoms with Gasteiger partial charge in [-0.2, -0.15) is 5.26 Å². The van der Waals surface area contributed by atoms with E-state index in [0.29, 0.717) is 10.8 Å². The molecule has 0 N–H and O–H groups in total. The Morgan fingerprint density at radius 1 is 1.45 bits per heavy atom. The monoisotopic (exact) mass is 165 g/mol. The third kappa shape index (κ3) is 1.49. The first-order valence-electron chi connectivity index (χ1n) is 3.19. The Labute approximate surface area is 70.5 Å². The molecular weight excluding hydrogens is 158 g/mol. The summed E-state index contributed by atoms with van der Waals surface area (Å²) < 4.78 is 0. The quantitative estimate of drug-likeness (QED) is 0.509. The number of aliphatic imine (C=N–C) groups is 2. The van der Waals surface area contributed by atoms with Crippen LogP contribution in [0.5, 0.6) is 0 Å². The van der Waals surface area contributed by atoms with Crippen molar-refractivity contribution in [1.29, 1.82) is 5.26 Å². The van der Waals surface area contributed by atoms with Crippen LogP contribution in [-0.2, 0) is 0 Å². The van der Waals surface area contributed by atoms with Crippen molar-refractivity contribution >= 4 is 28.8 Å². The molecule has 0 aliphatic carbocycles. The smallest absolute Gasteiger partial charge is 0.137 e. The summed E-state index contributed by atoms with van der Waals surface area (Å²) in [6.45, 7) is 3.56. The number of hydrogen-bond acceptors (Lipinski definition) is 3. The fourth-order valence-electron chi connectivity index (χ4n) is 0.896. The molecule has 0 aromatic heterocycles. The SMILES string of the molecule is CC1=NC(=S)C(C#N)C(C)=N1. The van der Waals surface area contributed by atoms with E-state index in [1.165, 1.54) is 0 Å². The van der Waals surface area contributed by atoms with Gasteiger partial charge in [0.15, 0.2) is 0 Å². The largest absolute Gasteiger partial charge is 0.241 e. The van der Waals surface area contributed by atoms with E-state index in [-0.39, 0.29) is 0 Å². The highest BCUT2D eigenvalue weighted by atomic mass is 32.1. The fourth-order valence-corrected chi connectivity index (χ4v) is 1.25. The van der Waals surface area contributed by atoms with Crippen LogP contribution in [0.4, 0.5) is 0 Å². The molecule has 11 heavy (non-hydrogen) atoms. The Kier molecular flexibility index (Phi) is 2.11. The standard InChI is InChI=1S/C7H7N3S/c1-4-6(3-8)7(11)10-5(2)9-4/h6H,1-2H3. The number of amidine groups is 1. The summed E-state index contributed by atoms with van der Waals surface area (Å²) in [6.07, 6.45) is 0. The summed E-state index contributed by atoms with van der Waals surface area (Å²) in [4.78, 5) is 8.39. The fraction of sp³-hybridized carbons (Fsp3) is 0.429. The summed E-state index contributed by atoms with van der Waals surface area (Å²) in [6, 6.07) is 2.04. The minimum atomic E-state index is -0.395. The molecule has 1 heterocycles. The third-order valence-electron chi connectivity index (χ3n) is 1.40. The second-order valence-corrected chi connectivity index (χ2v) is 2.73. The average Bonchev–Trinajstić information content (AvgIpc) is 1.85. The van der Waals surface area contributed by atoms with Crippen LogP contribution >= 0.6 is 12.2 Å². The van der Waals surface area contributed by atoms with Gasteiger partial charge in [0.05, 0.1) is 6.07 Å². The number of nitriles is 1. The molecule has 3 nitrogen and oxygen atoms in total. The zero-order chi connectivity index (χ0) is 8.43. The minimum absolute atomic E-state index is 0.395. The lowest BCUT2D eigenvalue weighted by Gasteiger charge is -2.11. The number of rotatable bonds is 0.